The maximum atomic E-state index is 11.8. The topological polar surface area (TPSA) is 76.4 Å². The Bertz CT molecular complexity index is 394. The highest BCUT2D eigenvalue weighted by atomic mass is 16.5. The van der Waals surface area contributed by atoms with E-state index in [1.54, 1.807) is 19.2 Å². The Kier molecular flexibility index (Phi) is 6.18. The van der Waals surface area contributed by atoms with E-state index in [0.717, 1.165) is 30.7 Å². The van der Waals surface area contributed by atoms with Crippen LogP contribution in [-0.4, -0.2) is 26.2 Å². The molecule has 0 saturated heterocycles. The molecule has 0 radical (unpaired) electrons. The first-order chi connectivity index (χ1) is 8.69. The minimum absolute atomic E-state index is 0.0564. The fourth-order valence-electron chi connectivity index (χ4n) is 1.64. The minimum Gasteiger partial charge on any atom is -0.385 e. The number of aryl methyl sites for hydroxylation is 1. The van der Waals surface area contributed by atoms with Gasteiger partial charge in [0.05, 0.1) is 5.69 Å². The number of benzene rings is 1. The van der Waals surface area contributed by atoms with Crippen LogP contribution < -0.4 is 16.6 Å². The van der Waals surface area contributed by atoms with Crippen LogP contribution in [0.1, 0.15) is 28.8 Å². The monoisotopic (exact) mass is 251 g/mol. The van der Waals surface area contributed by atoms with Gasteiger partial charge in [-0.15, -0.1) is 0 Å². The summed E-state index contributed by atoms with van der Waals surface area (Å²) in [6.07, 6.45) is 1.87. The number of anilines is 1. The molecular formula is C13H21N3O2. The molecule has 0 aromatic heterocycles. The number of nitrogens with two attached hydrogens (primary N) is 1. The molecule has 1 aromatic carbocycles. The molecule has 0 bridgehead atoms. The molecule has 1 amide bonds. The van der Waals surface area contributed by atoms with E-state index in [0.29, 0.717) is 12.1 Å². The van der Waals surface area contributed by atoms with Crippen LogP contribution in [0.3, 0.4) is 0 Å². The van der Waals surface area contributed by atoms with Gasteiger partial charge in [0.1, 0.15) is 0 Å². The van der Waals surface area contributed by atoms with Crippen LogP contribution in [0.15, 0.2) is 18.2 Å². The van der Waals surface area contributed by atoms with Crippen LogP contribution >= 0.6 is 0 Å². The summed E-state index contributed by atoms with van der Waals surface area (Å²) >= 11 is 0. The Morgan fingerprint density at radius 1 is 1.39 bits per heavy atom. The van der Waals surface area contributed by atoms with E-state index in [-0.39, 0.29) is 5.91 Å². The van der Waals surface area contributed by atoms with Crippen LogP contribution in [0.4, 0.5) is 5.69 Å². The third-order valence-electron chi connectivity index (χ3n) is 2.70. The fourth-order valence-corrected chi connectivity index (χ4v) is 1.64. The first kappa shape index (κ1) is 14.5. The van der Waals surface area contributed by atoms with Crippen molar-refractivity contribution in [2.75, 3.05) is 25.7 Å². The third-order valence-corrected chi connectivity index (χ3v) is 2.70. The number of hydrogen-bond acceptors (Lipinski definition) is 4. The first-order valence-corrected chi connectivity index (χ1v) is 6.03. The van der Waals surface area contributed by atoms with E-state index in [4.69, 9.17) is 10.6 Å². The number of rotatable bonds is 7. The highest BCUT2D eigenvalue weighted by molar-refractivity contribution is 5.94. The lowest BCUT2D eigenvalue weighted by molar-refractivity contribution is 0.0951. The zero-order chi connectivity index (χ0) is 13.4. The third kappa shape index (κ3) is 4.35. The standard InChI is InChI=1S/C13H21N3O2/c1-10-9-11(5-6-12(10)16-14)13(17)15-7-3-4-8-18-2/h5-6,9,16H,3-4,7-8,14H2,1-2H3,(H,15,17). The first-order valence-electron chi connectivity index (χ1n) is 6.03. The van der Waals surface area contributed by atoms with Gasteiger partial charge < -0.3 is 15.5 Å². The summed E-state index contributed by atoms with van der Waals surface area (Å²) in [5.41, 5.74) is 5.01. The number of hydrazine groups is 1. The SMILES string of the molecule is COCCCCNC(=O)c1ccc(NN)c(C)c1. The Labute approximate surface area is 108 Å². The molecule has 100 valence electrons. The molecule has 0 unspecified atom stereocenters. The number of unbranched alkanes of at least 4 members (excludes halogenated alkanes) is 1. The second-order valence-electron chi connectivity index (χ2n) is 4.13. The molecule has 5 heteroatoms. The van der Waals surface area contributed by atoms with Crippen molar-refractivity contribution in [1.82, 2.24) is 5.32 Å². The van der Waals surface area contributed by atoms with Crippen molar-refractivity contribution >= 4 is 11.6 Å². The molecule has 0 atom stereocenters. The molecule has 1 rings (SSSR count). The molecule has 0 fully saturated rings. The Morgan fingerprint density at radius 2 is 2.17 bits per heavy atom. The summed E-state index contributed by atoms with van der Waals surface area (Å²) in [6, 6.07) is 5.38. The van der Waals surface area contributed by atoms with E-state index >= 15 is 0 Å². The van der Waals surface area contributed by atoms with Gasteiger partial charge in [-0.05, 0) is 43.5 Å². The summed E-state index contributed by atoms with van der Waals surface area (Å²) in [5.74, 6) is 5.28. The normalized spacial score (nSPS) is 10.2. The van der Waals surface area contributed by atoms with Gasteiger partial charge in [0, 0.05) is 25.8 Å². The quantitative estimate of drug-likeness (QED) is 0.389. The summed E-state index contributed by atoms with van der Waals surface area (Å²) < 4.78 is 4.94. The lowest BCUT2D eigenvalue weighted by atomic mass is 10.1. The van der Waals surface area contributed by atoms with Crippen molar-refractivity contribution in [3.63, 3.8) is 0 Å². The molecule has 0 saturated carbocycles. The van der Waals surface area contributed by atoms with Crippen molar-refractivity contribution in [1.29, 1.82) is 0 Å². The molecule has 0 heterocycles. The summed E-state index contributed by atoms with van der Waals surface area (Å²) in [4.78, 5) is 11.8. The largest absolute Gasteiger partial charge is 0.385 e. The number of carbonyl (C=O) groups is 1. The lowest BCUT2D eigenvalue weighted by Crippen LogP contribution is -2.24. The number of methoxy groups -OCH3 is 1. The summed E-state index contributed by atoms with van der Waals surface area (Å²) in [5, 5.41) is 2.88. The van der Waals surface area contributed by atoms with Crippen molar-refractivity contribution in [2.45, 2.75) is 19.8 Å². The van der Waals surface area contributed by atoms with Gasteiger partial charge in [-0.25, -0.2) is 0 Å². The van der Waals surface area contributed by atoms with E-state index in [2.05, 4.69) is 10.7 Å². The predicted molar refractivity (Wildman–Crippen MR) is 72.4 cm³/mol. The van der Waals surface area contributed by atoms with Crippen LogP contribution in [0.2, 0.25) is 0 Å². The number of amides is 1. The zero-order valence-corrected chi connectivity index (χ0v) is 11.0. The van der Waals surface area contributed by atoms with E-state index < -0.39 is 0 Å². The molecule has 0 aliphatic carbocycles. The highest BCUT2D eigenvalue weighted by Crippen LogP contribution is 2.15. The molecule has 5 nitrogen and oxygen atoms in total. The molecule has 0 aliphatic rings. The van der Waals surface area contributed by atoms with Crippen LogP contribution in [-0.2, 0) is 4.74 Å². The number of carbonyl (C=O) groups excluding carboxylic acids is 1. The fraction of sp³-hybridized carbons (Fsp3) is 0.462. The van der Waals surface area contributed by atoms with Gasteiger partial charge in [-0.3, -0.25) is 10.6 Å². The summed E-state index contributed by atoms with van der Waals surface area (Å²) in [6.45, 7) is 3.30. The molecule has 4 N–H and O–H groups in total. The Balaban J connectivity index is 2.44. The van der Waals surface area contributed by atoms with E-state index in [1.807, 2.05) is 13.0 Å². The maximum Gasteiger partial charge on any atom is 0.251 e. The van der Waals surface area contributed by atoms with E-state index in [9.17, 15) is 4.79 Å². The smallest absolute Gasteiger partial charge is 0.251 e. The number of nitrogen functional groups attached to an aromatic ring is 1. The Hall–Kier alpha value is -1.59. The Morgan fingerprint density at radius 3 is 2.78 bits per heavy atom. The van der Waals surface area contributed by atoms with Gasteiger partial charge in [0.15, 0.2) is 0 Å². The summed E-state index contributed by atoms with van der Waals surface area (Å²) in [7, 11) is 1.67. The highest BCUT2D eigenvalue weighted by Gasteiger charge is 2.06. The van der Waals surface area contributed by atoms with Crippen LogP contribution in [0.5, 0.6) is 0 Å². The van der Waals surface area contributed by atoms with Gasteiger partial charge in [0.2, 0.25) is 0 Å². The second-order valence-corrected chi connectivity index (χ2v) is 4.13. The van der Waals surface area contributed by atoms with Crippen molar-refractivity contribution in [2.24, 2.45) is 5.84 Å². The van der Waals surface area contributed by atoms with Gasteiger partial charge in [-0.2, -0.15) is 0 Å². The molecule has 0 spiro atoms. The predicted octanol–water partition coefficient (Wildman–Crippen LogP) is 1.44. The molecular weight excluding hydrogens is 230 g/mol. The van der Waals surface area contributed by atoms with E-state index in [1.165, 1.54) is 0 Å². The van der Waals surface area contributed by atoms with Crippen LogP contribution in [0.25, 0.3) is 0 Å². The molecule has 0 aliphatic heterocycles. The van der Waals surface area contributed by atoms with Gasteiger partial charge in [-0.1, -0.05) is 0 Å². The minimum atomic E-state index is -0.0564. The zero-order valence-electron chi connectivity index (χ0n) is 11.0. The van der Waals surface area contributed by atoms with Crippen molar-refractivity contribution in [3.05, 3.63) is 29.3 Å². The van der Waals surface area contributed by atoms with Crippen molar-refractivity contribution in [3.8, 4) is 0 Å². The average Bonchev–Trinajstić information content (AvgIpc) is 2.38. The maximum absolute atomic E-state index is 11.8. The molecule has 1 aromatic rings. The second kappa shape index (κ2) is 7.68. The van der Waals surface area contributed by atoms with Gasteiger partial charge in [0.25, 0.3) is 5.91 Å². The van der Waals surface area contributed by atoms with Crippen LogP contribution in [0, 0.1) is 6.92 Å². The molecule has 18 heavy (non-hydrogen) atoms. The lowest BCUT2D eigenvalue weighted by Gasteiger charge is -2.08. The number of hydrogen-bond donors (Lipinski definition) is 3. The number of ether oxygens (including phenoxy) is 1. The van der Waals surface area contributed by atoms with Gasteiger partial charge >= 0.3 is 0 Å². The van der Waals surface area contributed by atoms with Crippen molar-refractivity contribution < 1.29 is 9.53 Å². The number of nitrogens with one attached hydrogen (secondary N) is 2. The average molecular weight is 251 g/mol.